The van der Waals surface area contributed by atoms with E-state index in [1.807, 2.05) is 27.7 Å². The van der Waals surface area contributed by atoms with E-state index in [9.17, 15) is 5.11 Å². The van der Waals surface area contributed by atoms with Crippen molar-refractivity contribution >= 4 is 0 Å². The number of ether oxygens (including phenoxy) is 2. The quantitative estimate of drug-likeness (QED) is 0.723. The highest BCUT2D eigenvalue weighted by molar-refractivity contribution is 5.33. The molecule has 0 bridgehead atoms. The first kappa shape index (κ1) is 19.5. The molecule has 2 atom stereocenters. The third kappa shape index (κ3) is 3.70. The second-order valence-electron chi connectivity index (χ2n) is 8.90. The summed E-state index contributed by atoms with van der Waals surface area (Å²) in [5, 5.41) is 20.3. The fraction of sp³-hybridized carbons (Fsp3) is 0.800. The number of rotatable bonds is 1. The van der Waals surface area contributed by atoms with Crippen molar-refractivity contribution in [2.45, 2.75) is 65.8 Å². The van der Waals surface area contributed by atoms with E-state index >= 15 is 0 Å². The predicted octanol–water partition coefficient (Wildman–Crippen LogP) is 2.88. The van der Waals surface area contributed by atoms with E-state index in [4.69, 9.17) is 14.6 Å². The normalized spacial score (nSPS) is 34.5. The van der Waals surface area contributed by atoms with Crippen LogP contribution in [-0.2, 0) is 9.47 Å². The van der Waals surface area contributed by atoms with Gasteiger partial charge >= 0.3 is 0 Å². The van der Waals surface area contributed by atoms with Crippen LogP contribution in [0.15, 0.2) is 11.6 Å². The van der Waals surface area contributed by atoms with Gasteiger partial charge in [-0.05, 0) is 18.6 Å². The van der Waals surface area contributed by atoms with Crippen LogP contribution in [0.4, 0.5) is 0 Å². The Morgan fingerprint density at radius 3 is 2.29 bits per heavy atom. The number of allylic oxidation sites excluding steroid dienone is 1. The highest BCUT2D eigenvalue weighted by Gasteiger charge is 2.59. The molecule has 2 fully saturated rings. The fourth-order valence-corrected chi connectivity index (χ4v) is 3.79. The Balaban J connectivity index is 2.26. The Labute approximate surface area is 146 Å². The molecule has 136 valence electrons. The van der Waals surface area contributed by atoms with Crippen LogP contribution in [0.1, 0.15) is 54.4 Å². The van der Waals surface area contributed by atoms with E-state index < -0.39 is 16.8 Å². The van der Waals surface area contributed by atoms with Crippen molar-refractivity contribution in [2.24, 2.45) is 16.7 Å². The lowest BCUT2D eigenvalue weighted by Gasteiger charge is -2.56. The van der Waals surface area contributed by atoms with Crippen molar-refractivity contribution in [2.75, 3.05) is 19.8 Å². The predicted molar refractivity (Wildman–Crippen MR) is 94.2 cm³/mol. The van der Waals surface area contributed by atoms with Gasteiger partial charge in [-0.15, -0.1) is 0 Å². The van der Waals surface area contributed by atoms with E-state index in [0.717, 1.165) is 5.57 Å². The molecule has 4 heteroatoms. The summed E-state index contributed by atoms with van der Waals surface area (Å²) in [4.78, 5) is 0. The van der Waals surface area contributed by atoms with Gasteiger partial charge in [0.1, 0.15) is 5.60 Å². The van der Waals surface area contributed by atoms with Crippen molar-refractivity contribution < 1.29 is 19.7 Å². The number of aliphatic hydroxyl groups is 2. The molecule has 1 saturated carbocycles. The van der Waals surface area contributed by atoms with Crippen LogP contribution in [0.3, 0.4) is 0 Å². The maximum absolute atomic E-state index is 11.3. The maximum Gasteiger partial charge on any atom is 0.169 e. The summed E-state index contributed by atoms with van der Waals surface area (Å²) in [7, 11) is 0. The zero-order chi connectivity index (χ0) is 18.2. The van der Waals surface area contributed by atoms with Gasteiger partial charge in [0.2, 0.25) is 0 Å². The van der Waals surface area contributed by atoms with Crippen LogP contribution in [0.25, 0.3) is 0 Å². The van der Waals surface area contributed by atoms with Crippen molar-refractivity contribution in [3.63, 3.8) is 0 Å². The van der Waals surface area contributed by atoms with Crippen LogP contribution >= 0.6 is 0 Å². The van der Waals surface area contributed by atoms with E-state index in [-0.39, 0.29) is 17.9 Å². The average molecular weight is 336 g/mol. The summed E-state index contributed by atoms with van der Waals surface area (Å²) in [5.41, 5.74) is -0.805. The number of hydrogen-bond acceptors (Lipinski definition) is 4. The van der Waals surface area contributed by atoms with E-state index in [2.05, 4.69) is 25.7 Å². The molecule has 0 aromatic carbocycles. The molecule has 1 heterocycles. The van der Waals surface area contributed by atoms with Crippen molar-refractivity contribution in [3.05, 3.63) is 11.6 Å². The topological polar surface area (TPSA) is 58.9 Å². The SMILES string of the molecule is CC(C#CC1(O)C(C)CC2(CC1(C)C)OCC(C)(C)CO2)=CCO. The second-order valence-corrected chi connectivity index (χ2v) is 8.90. The second kappa shape index (κ2) is 6.46. The highest BCUT2D eigenvalue weighted by Crippen LogP contribution is 2.53. The van der Waals surface area contributed by atoms with Crippen LogP contribution in [0.2, 0.25) is 0 Å². The minimum atomic E-state index is -1.12. The third-order valence-electron chi connectivity index (χ3n) is 5.37. The molecule has 1 aliphatic carbocycles. The minimum absolute atomic E-state index is 0.0262. The monoisotopic (exact) mass is 336 g/mol. The summed E-state index contributed by atoms with van der Waals surface area (Å²) >= 11 is 0. The first-order valence-corrected chi connectivity index (χ1v) is 8.76. The zero-order valence-corrected chi connectivity index (χ0v) is 15.9. The molecule has 1 spiro atoms. The average Bonchev–Trinajstić information content (AvgIpc) is 2.47. The Morgan fingerprint density at radius 2 is 1.79 bits per heavy atom. The van der Waals surface area contributed by atoms with Crippen LogP contribution in [0.5, 0.6) is 0 Å². The number of aliphatic hydroxyl groups excluding tert-OH is 1. The summed E-state index contributed by atoms with van der Waals surface area (Å²) in [6, 6.07) is 0. The molecule has 2 N–H and O–H groups in total. The molecular weight excluding hydrogens is 304 g/mol. The van der Waals surface area contributed by atoms with Crippen molar-refractivity contribution in [3.8, 4) is 11.8 Å². The Kier molecular flexibility index (Phi) is 5.24. The lowest BCUT2D eigenvalue weighted by molar-refractivity contribution is -0.341. The van der Waals surface area contributed by atoms with E-state index in [0.29, 0.717) is 26.1 Å². The fourth-order valence-electron chi connectivity index (χ4n) is 3.79. The molecule has 1 saturated heterocycles. The van der Waals surface area contributed by atoms with Gasteiger partial charge in [-0.1, -0.05) is 46.5 Å². The minimum Gasteiger partial charge on any atom is -0.392 e. The van der Waals surface area contributed by atoms with Crippen LogP contribution in [-0.4, -0.2) is 41.4 Å². The summed E-state index contributed by atoms with van der Waals surface area (Å²) in [5.74, 6) is 5.37. The van der Waals surface area contributed by atoms with Gasteiger partial charge in [0.25, 0.3) is 0 Å². The molecule has 2 unspecified atom stereocenters. The molecule has 0 aromatic heterocycles. The molecule has 2 rings (SSSR count). The smallest absolute Gasteiger partial charge is 0.169 e. The van der Waals surface area contributed by atoms with Gasteiger partial charge in [-0.25, -0.2) is 0 Å². The lowest BCUT2D eigenvalue weighted by Crippen LogP contribution is -2.62. The largest absolute Gasteiger partial charge is 0.392 e. The van der Waals surface area contributed by atoms with Gasteiger partial charge in [0.15, 0.2) is 5.79 Å². The van der Waals surface area contributed by atoms with Gasteiger partial charge < -0.3 is 19.7 Å². The van der Waals surface area contributed by atoms with Crippen molar-refractivity contribution in [1.29, 1.82) is 0 Å². The first-order valence-electron chi connectivity index (χ1n) is 8.76. The lowest BCUT2D eigenvalue weighted by atomic mass is 9.58. The Morgan fingerprint density at radius 1 is 1.21 bits per heavy atom. The molecule has 0 amide bonds. The molecule has 0 aromatic rings. The molecule has 4 nitrogen and oxygen atoms in total. The van der Waals surface area contributed by atoms with Gasteiger partial charge in [0, 0.05) is 29.6 Å². The summed E-state index contributed by atoms with van der Waals surface area (Å²) in [6.07, 6.45) is 2.88. The zero-order valence-electron chi connectivity index (χ0n) is 15.9. The van der Waals surface area contributed by atoms with E-state index in [1.165, 1.54) is 0 Å². The molecule has 1 aliphatic heterocycles. The third-order valence-corrected chi connectivity index (χ3v) is 5.37. The molecule has 0 radical (unpaired) electrons. The van der Waals surface area contributed by atoms with Gasteiger partial charge in [-0.2, -0.15) is 0 Å². The van der Waals surface area contributed by atoms with E-state index in [1.54, 1.807) is 6.08 Å². The van der Waals surface area contributed by atoms with Gasteiger partial charge in [0.05, 0.1) is 19.8 Å². The molecule has 2 aliphatic rings. The number of hydrogen-bond donors (Lipinski definition) is 2. The van der Waals surface area contributed by atoms with Crippen LogP contribution in [0, 0.1) is 28.6 Å². The van der Waals surface area contributed by atoms with Gasteiger partial charge in [-0.3, -0.25) is 0 Å². The van der Waals surface area contributed by atoms with Crippen molar-refractivity contribution in [1.82, 2.24) is 0 Å². The van der Waals surface area contributed by atoms with Crippen LogP contribution < -0.4 is 0 Å². The summed E-state index contributed by atoms with van der Waals surface area (Å²) in [6.45, 7) is 13.5. The maximum atomic E-state index is 11.3. The summed E-state index contributed by atoms with van der Waals surface area (Å²) < 4.78 is 12.3. The molecular formula is C20H32O4. The Bertz CT molecular complexity index is 554. The Hall–Kier alpha value is -0.860. The molecule has 24 heavy (non-hydrogen) atoms. The first-order chi connectivity index (χ1) is 11.0. The highest BCUT2D eigenvalue weighted by atomic mass is 16.7. The standard InChI is InChI=1S/C20H32O4/c1-15(8-10-21)7-9-20(22)16(2)11-19(12-18(20,5)6)23-13-17(3,4)14-24-19/h8,16,21-22H,10-14H2,1-6H3.